The Kier molecular flexibility index (Phi) is 4.12. The Labute approximate surface area is 126 Å². The van der Waals surface area contributed by atoms with E-state index in [4.69, 9.17) is 0 Å². The predicted molar refractivity (Wildman–Crippen MR) is 85.3 cm³/mol. The quantitative estimate of drug-likeness (QED) is 0.592. The lowest BCUT2D eigenvalue weighted by molar-refractivity contribution is -0.113. The van der Waals surface area contributed by atoms with E-state index in [1.54, 1.807) is 18.5 Å². The molecule has 21 heavy (non-hydrogen) atoms. The van der Waals surface area contributed by atoms with Gasteiger partial charge in [-0.25, -0.2) is 9.97 Å². The van der Waals surface area contributed by atoms with Gasteiger partial charge in [-0.15, -0.1) is 0 Å². The lowest BCUT2D eigenvalue weighted by Gasteiger charge is -2.06. The van der Waals surface area contributed by atoms with Crippen molar-refractivity contribution in [3.63, 3.8) is 0 Å². The maximum atomic E-state index is 11.9. The van der Waals surface area contributed by atoms with Crippen molar-refractivity contribution in [1.82, 2.24) is 9.97 Å². The Bertz CT molecular complexity index is 762. The van der Waals surface area contributed by atoms with Crippen molar-refractivity contribution in [1.29, 1.82) is 0 Å². The standard InChI is InChI=1S/C16H13N3OS/c20-15(11-21-16-17-8-3-9-18-16)19-14-7-6-12-4-1-2-5-13(12)10-14/h1-10H,11H2,(H,19,20). The number of carbonyl (C=O) groups is 1. The number of hydrogen-bond donors (Lipinski definition) is 1. The van der Waals surface area contributed by atoms with Gasteiger partial charge in [0.25, 0.3) is 0 Å². The first kappa shape index (κ1) is 13.6. The topological polar surface area (TPSA) is 54.9 Å². The van der Waals surface area contributed by atoms with Gasteiger partial charge in [-0.1, -0.05) is 42.1 Å². The summed E-state index contributed by atoms with van der Waals surface area (Å²) in [5.41, 5.74) is 0.799. The summed E-state index contributed by atoms with van der Waals surface area (Å²) >= 11 is 1.32. The second-order valence-corrected chi connectivity index (χ2v) is 5.37. The molecule has 1 amide bonds. The third kappa shape index (κ3) is 3.58. The first-order valence-electron chi connectivity index (χ1n) is 6.50. The van der Waals surface area contributed by atoms with Crippen LogP contribution in [-0.2, 0) is 4.79 Å². The number of hydrogen-bond acceptors (Lipinski definition) is 4. The maximum absolute atomic E-state index is 11.9. The van der Waals surface area contributed by atoms with Crippen molar-refractivity contribution in [2.75, 3.05) is 11.1 Å². The average Bonchev–Trinajstić information content (AvgIpc) is 2.54. The molecule has 0 fully saturated rings. The molecule has 0 aliphatic carbocycles. The molecule has 1 aromatic heterocycles. The smallest absolute Gasteiger partial charge is 0.234 e. The summed E-state index contributed by atoms with van der Waals surface area (Å²) in [5.74, 6) is 0.222. The number of rotatable bonds is 4. The number of amides is 1. The lowest BCUT2D eigenvalue weighted by atomic mass is 10.1. The minimum absolute atomic E-state index is 0.0669. The summed E-state index contributed by atoms with van der Waals surface area (Å²) in [4.78, 5) is 20.1. The summed E-state index contributed by atoms with van der Waals surface area (Å²) in [5, 5.41) is 5.75. The molecule has 1 heterocycles. The largest absolute Gasteiger partial charge is 0.325 e. The third-order valence-electron chi connectivity index (χ3n) is 2.91. The molecule has 3 aromatic rings. The molecule has 0 atom stereocenters. The summed E-state index contributed by atoms with van der Waals surface area (Å²) in [6.07, 6.45) is 3.33. The molecule has 0 saturated carbocycles. The first-order valence-corrected chi connectivity index (χ1v) is 7.48. The highest BCUT2D eigenvalue weighted by atomic mass is 32.2. The number of benzene rings is 2. The van der Waals surface area contributed by atoms with E-state index >= 15 is 0 Å². The summed E-state index contributed by atoms with van der Waals surface area (Å²) < 4.78 is 0. The van der Waals surface area contributed by atoms with Crippen LogP contribution < -0.4 is 5.32 Å². The van der Waals surface area contributed by atoms with Gasteiger partial charge in [-0.05, 0) is 29.0 Å². The number of nitrogens with one attached hydrogen (secondary N) is 1. The van der Waals surface area contributed by atoms with Crippen LogP contribution in [0.1, 0.15) is 0 Å². The highest BCUT2D eigenvalue weighted by Gasteiger charge is 2.05. The molecule has 0 unspecified atom stereocenters. The van der Waals surface area contributed by atoms with Crippen molar-refractivity contribution in [2.24, 2.45) is 0 Å². The van der Waals surface area contributed by atoms with Crippen LogP contribution in [0.5, 0.6) is 0 Å². The van der Waals surface area contributed by atoms with Crippen LogP contribution in [0, 0.1) is 0 Å². The van der Waals surface area contributed by atoms with E-state index in [1.807, 2.05) is 42.5 Å². The summed E-state index contributed by atoms with van der Waals surface area (Å²) in [7, 11) is 0. The zero-order valence-corrected chi connectivity index (χ0v) is 12.0. The van der Waals surface area contributed by atoms with Crippen LogP contribution in [0.4, 0.5) is 5.69 Å². The molecular formula is C16H13N3OS. The van der Waals surface area contributed by atoms with E-state index in [9.17, 15) is 4.79 Å². The van der Waals surface area contributed by atoms with Crippen molar-refractivity contribution >= 4 is 34.1 Å². The fourth-order valence-corrected chi connectivity index (χ4v) is 2.56. The minimum atomic E-state index is -0.0669. The van der Waals surface area contributed by atoms with Gasteiger partial charge < -0.3 is 5.32 Å². The number of nitrogens with zero attached hydrogens (tertiary/aromatic N) is 2. The number of carbonyl (C=O) groups excluding carboxylic acids is 1. The monoisotopic (exact) mass is 295 g/mol. The average molecular weight is 295 g/mol. The van der Waals surface area contributed by atoms with Crippen LogP contribution in [-0.4, -0.2) is 21.6 Å². The molecule has 4 nitrogen and oxygen atoms in total. The Morgan fingerprint density at radius 2 is 1.76 bits per heavy atom. The second-order valence-electron chi connectivity index (χ2n) is 4.43. The third-order valence-corrected chi connectivity index (χ3v) is 3.78. The summed E-state index contributed by atoms with van der Waals surface area (Å²) in [6.45, 7) is 0. The van der Waals surface area contributed by atoms with Crippen LogP contribution in [0.2, 0.25) is 0 Å². The van der Waals surface area contributed by atoms with Gasteiger partial charge in [0.1, 0.15) is 0 Å². The van der Waals surface area contributed by atoms with Gasteiger partial charge in [-0.2, -0.15) is 0 Å². The molecule has 1 N–H and O–H groups in total. The molecule has 0 radical (unpaired) electrons. The number of anilines is 1. The number of fused-ring (bicyclic) bond motifs is 1. The van der Waals surface area contributed by atoms with Crippen molar-refractivity contribution in [2.45, 2.75) is 5.16 Å². The van der Waals surface area contributed by atoms with Gasteiger partial charge in [0.05, 0.1) is 5.75 Å². The normalized spacial score (nSPS) is 10.5. The van der Waals surface area contributed by atoms with Gasteiger partial charge in [0.2, 0.25) is 5.91 Å². The van der Waals surface area contributed by atoms with E-state index in [1.165, 1.54) is 11.8 Å². The van der Waals surface area contributed by atoms with E-state index in [2.05, 4.69) is 15.3 Å². The fourth-order valence-electron chi connectivity index (χ4n) is 1.95. The second kappa shape index (κ2) is 6.37. The molecule has 104 valence electrons. The SMILES string of the molecule is O=C(CSc1ncccn1)Nc1ccc2ccccc2c1. The Hall–Kier alpha value is -2.40. The minimum Gasteiger partial charge on any atom is -0.325 e. The summed E-state index contributed by atoms with van der Waals surface area (Å²) in [6, 6.07) is 15.7. The fraction of sp³-hybridized carbons (Fsp3) is 0.0625. The zero-order chi connectivity index (χ0) is 14.5. The molecule has 5 heteroatoms. The molecule has 3 rings (SSSR count). The molecule has 2 aromatic carbocycles. The molecule has 0 spiro atoms. The van der Waals surface area contributed by atoms with E-state index < -0.39 is 0 Å². The lowest BCUT2D eigenvalue weighted by Crippen LogP contribution is -2.14. The zero-order valence-electron chi connectivity index (χ0n) is 11.2. The Morgan fingerprint density at radius 1 is 1.00 bits per heavy atom. The van der Waals surface area contributed by atoms with Crippen LogP contribution >= 0.6 is 11.8 Å². The van der Waals surface area contributed by atoms with Gasteiger partial charge >= 0.3 is 0 Å². The van der Waals surface area contributed by atoms with E-state index in [-0.39, 0.29) is 11.7 Å². The van der Waals surface area contributed by atoms with Crippen molar-refractivity contribution in [3.05, 3.63) is 60.9 Å². The van der Waals surface area contributed by atoms with Crippen molar-refractivity contribution < 1.29 is 4.79 Å². The number of aromatic nitrogens is 2. The van der Waals surface area contributed by atoms with E-state index in [0.29, 0.717) is 5.16 Å². The van der Waals surface area contributed by atoms with Crippen LogP contribution in [0.25, 0.3) is 10.8 Å². The highest BCUT2D eigenvalue weighted by molar-refractivity contribution is 7.99. The number of thioether (sulfide) groups is 1. The van der Waals surface area contributed by atoms with Crippen LogP contribution in [0.3, 0.4) is 0 Å². The molecule has 0 aliphatic heterocycles. The highest BCUT2D eigenvalue weighted by Crippen LogP contribution is 2.19. The molecule has 0 aliphatic rings. The molecule has 0 bridgehead atoms. The van der Waals surface area contributed by atoms with Gasteiger partial charge in [0.15, 0.2) is 5.16 Å². The van der Waals surface area contributed by atoms with Crippen molar-refractivity contribution in [3.8, 4) is 0 Å². The maximum Gasteiger partial charge on any atom is 0.234 e. The van der Waals surface area contributed by atoms with Crippen LogP contribution in [0.15, 0.2) is 66.1 Å². The Balaban J connectivity index is 1.63. The van der Waals surface area contributed by atoms with E-state index in [0.717, 1.165) is 16.5 Å². The predicted octanol–water partition coefficient (Wildman–Crippen LogP) is 3.36. The van der Waals surface area contributed by atoms with Gasteiger partial charge in [-0.3, -0.25) is 4.79 Å². The molecular weight excluding hydrogens is 282 g/mol. The van der Waals surface area contributed by atoms with Gasteiger partial charge in [0, 0.05) is 18.1 Å². The first-order chi connectivity index (χ1) is 10.3. The molecule has 0 saturated heterocycles. The Morgan fingerprint density at radius 3 is 2.57 bits per heavy atom.